The quantitative estimate of drug-likeness (QED) is 0.503. The molecule has 0 aromatic carbocycles. The highest BCUT2D eigenvalue weighted by Crippen LogP contribution is 2.15. The van der Waals surface area contributed by atoms with E-state index in [1.165, 1.54) is 20.8 Å². The lowest BCUT2D eigenvalue weighted by Crippen LogP contribution is -2.32. The van der Waals surface area contributed by atoms with Crippen LogP contribution in [0.5, 0.6) is 0 Å². The Morgan fingerprint density at radius 1 is 1.07 bits per heavy atom. The molecule has 0 amide bonds. The van der Waals surface area contributed by atoms with Crippen molar-refractivity contribution in [1.82, 2.24) is 0 Å². The zero-order valence-electron chi connectivity index (χ0n) is 8.47. The van der Waals surface area contributed by atoms with E-state index in [1.54, 1.807) is 0 Å². The van der Waals surface area contributed by atoms with Gasteiger partial charge in [0.2, 0.25) is 0 Å². The summed E-state index contributed by atoms with van der Waals surface area (Å²) >= 11 is 0. The van der Waals surface area contributed by atoms with Crippen molar-refractivity contribution in [2.45, 2.75) is 32.5 Å². The molecule has 0 bridgehead atoms. The molecule has 4 nitrogen and oxygen atoms in total. The second-order valence-corrected chi connectivity index (χ2v) is 3.69. The van der Waals surface area contributed by atoms with Crippen molar-refractivity contribution < 1.29 is 32.2 Å². The van der Waals surface area contributed by atoms with Crippen LogP contribution >= 0.6 is 0 Å². The molecule has 0 spiro atoms. The molecular weight excluding hydrogens is 217 g/mol. The van der Waals surface area contributed by atoms with Gasteiger partial charge in [-0.1, -0.05) is 0 Å². The lowest BCUT2D eigenvalue weighted by molar-refractivity contribution is -0.195. The van der Waals surface area contributed by atoms with Crippen LogP contribution in [0.15, 0.2) is 0 Å². The third-order valence-corrected chi connectivity index (χ3v) is 0.932. The van der Waals surface area contributed by atoms with Crippen LogP contribution in [0.2, 0.25) is 0 Å². The van der Waals surface area contributed by atoms with Crippen molar-refractivity contribution in [2.24, 2.45) is 0 Å². The van der Waals surface area contributed by atoms with Gasteiger partial charge in [-0.3, -0.25) is 0 Å². The molecule has 0 fully saturated rings. The van der Waals surface area contributed by atoms with Gasteiger partial charge in [-0.05, 0) is 20.8 Å². The van der Waals surface area contributed by atoms with Crippen LogP contribution in [0.1, 0.15) is 20.8 Å². The van der Waals surface area contributed by atoms with Gasteiger partial charge in [0.1, 0.15) is 5.60 Å². The van der Waals surface area contributed by atoms with Crippen LogP contribution in [0.3, 0.4) is 0 Å². The number of hydrogen-bond donors (Lipinski definition) is 0. The van der Waals surface area contributed by atoms with Gasteiger partial charge in [-0.25, -0.2) is 9.59 Å². The highest BCUT2D eigenvalue weighted by atomic mass is 19.4. The standard InChI is InChI=1S/C8H11F3O4/c1-7(2,3)15-6(13)5(12)14-4-8(9,10)11/h4H2,1-3H3. The summed E-state index contributed by atoms with van der Waals surface area (Å²) in [7, 11) is 0. The van der Waals surface area contributed by atoms with E-state index in [1.807, 2.05) is 0 Å². The van der Waals surface area contributed by atoms with Gasteiger partial charge < -0.3 is 9.47 Å². The Morgan fingerprint density at radius 2 is 1.53 bits per heavy atom. The molecule has 0 atom stereocenters. The Hall–Kier alpha value is -1.27. The first-order valence-electron chi connectivity index (χ1n) is 3.98. The van der Waals surface area contributed by atoms with Crippen molar-refractivity contribution in [3.63, 3.8) is 0 Å². The van der Waals surface area contributed by atoms with E-state index in [9.17, 15) is 22.8 Å². The van der Waals surface area contributed by atoms with Crippen LogP contribution in [-0.2, 0) is 19.1 Å². The molecule has 0 aliphatic rings. The number of carbonyl (C=O) groups excluding carboxylic acids is 2. The SMILES string of the molecule is CC(C)(C)OC(=O)C(=O)OCC(F)(F)F. The molecule has 0 aliphatic heterocycles. The van der Waals surface area contributed by atoms with Gasteiger partial charge in [-0.15, -0.1) is 0 Å². The van der Waals surface area contributed by atoms with E-state index in [0.717, 1.165) is 0 Å². The van der Waals surface area contributed by atoms with E-state index in [-0.39, 0.29) is 0 Å². The molecule has 0 heterocycles. The van der Waals surface area contributed by atoms with E-state index in [4.69, 9.17) is 0 Å². The summed E-state index contributed by atoms with van der Waals surface area (Å²) in [5.41, 5.74) is -0.950. The van der Waals surface area contributed by atoms with Gasteiger partial charge in [0.25, 0.3) is 0 Å². The summed E-state index contributed by atoms with van der Waals surface area (Å²) in [6.07, 6.45) is -4.66. The fourth-order valence-corrected chi connectivity index (χ4v) is 0.526. The number of carbonyl (C=O) groups is 2. The Kier molecular flexibility index (Phi) is 4.12. The Bertz CT molecular complexity index is 252. The first-order chi connectivity index (χ1) is 6.51. The smallest absolute Gasteiger partial charge is 0.422 e. The molecule has 88 valence electrons. The number of rotatable bonds is 1. The summed E-state index contributed by atoms with van der Waals surface area (Å²) in [5.74, 6) is -3.09. The summed E-state index contributed by atoms with van der Waals surface area (Å²) in [6.45, 7) is 2.62. The third kappa shape index (κ3) is 7.77. The minimum Gasteiger partial charge on any atom is -0.452 e. The molecule has 15 heavy (non-hydrogen) atoms. The Balaban J connectivity index is 4.08. The number of ether oxygens (including phenoxy) is 2. The topological polar surface area (TPSA) is 52.6 Å². The minimum atomic E-state index is -4.66. The molecule has 0 saturated carbocycles. The predicted octanol–water partition coefficient (Wildman–Crippen LogP) is 1.43. The lowest BCUT2D eigenvalue weighted by Gasteiger charge is -2.18. The van der Waals surface area contributed by atoms with E-state index >= 15 is 0 Å². The van der Waals surface area contributed by atoms with Crippen molar-refractivity contribution >= 4 is 11.9 Å². The molecule has 0 rings (SSSR count). The number of halogens is 3. The summed E-state index contributed by atoms with van der Waals surface area (Å²) < 4.78 is 42.9. The van der Waals surface area contributed by atoms with Gasteiger partial charge >= 0.3 is 18.1 Å². The summed E-state index contributed by atoms with van der Waals surface area (Å²) in [6, 6.07) is 0. The van der Waals surface area contributed by atoms with Crippen LogP contribution in [0.25, 0.3) is 0 Å². The second kappa shape index (κ2) is 4.50. The average Bonchev–Trinajstić information content (AvgIpc) is 1.95. The zero-order chi connectivity index (χ0) is 12.3. The van der Waals surface area contributed by atoms with E-state index in [2.05, 4.69) is 9.47 Å². The summed E-state index contributed by atoms with van der Waals surface area (Å²) in [5, 5.41) is 0. The fraction of sp³-hybridized carbons (Fsp3) is 0.750. The molecular formula is C8H11F3O4. The van der Waals surface area contributed by atoms with Gasteiger partial charge in [0.05, 0.1) is 0 Å². The van der Waals surface area contributed by atoms with Crippen molar-refractivity contribution in [1.29, 1.82) is 0 Å². The van der Waals surface area contributed by atoms with Crippen LogP contribution in [0, 0.1) is 0 Å². The minimum absolute atomic E-state index is 0.950. The summed E-state index contributed by atoms with van der Waals surface area (Å²) in [4.78, 5) is 21.5. The monoisotopic (exact) mass is 228 g/mol. The van der Waals surface area contributed by atoms with Crippen molar-refractivity contribution in [2.75, 3.05) is 6.61 Å². The Labute approximate surface area is 84.3 Å². The van der Waals surface area contributed by atoms with Crippen LogP contribution in [0.4, 0.5) is 13.2 Å². The maximum atomic E-state index is 11.6. The van der Waals surface area contributed by atoms with Crippen LogP contribution in [-0.4, -0.2) is 30.3 Å². The molecule has 0 aromatic heterocycles. The number of hydrogen-bond acceptors (Lipinski definition) is 4. The molecule has 7 heteroatoms. The van der Waals surface area contributed by atoms with E-state index < -0.39 is 30.3 Å². The maximum absolute atomic E-state index is 11.6. The van der Waals surface area contributed by atoms with Gasteiger partial charge in [0.15, 0.2) is 6.61 Å². The predicted molar refractivity (Wildman–Crippen MR) is 42.9 cm³/mol. The third-order valence-electron chi connectivity index (χ3n) is 0.932. The van der Waals surface area contributed by atoms with Gasteiger partial charge in [-0.2, -0.15) is 13.2 Å². The first-order valence-corrected chi connectivity index (χ1v) is 3.98. The highest BCUT2D eigenvalue weighted by molar-refractivity contribution is 6.29. The normalized spacial score (nSPS) is 12.1. The largest absolute Gasteiger partial charge is 0.452 e. The first kappa shape index (κ1) is 13.7. The Morgan fingerprint density at radius 3 is 1.87 bits per heavy atom. The number of esters is 2. The fourth-order valence-electron chi connectivity index (χ4n) is 0.526. The lowest BCUT2D eigenvalue weighted by atomic mass is 10.2. The molecule has 0 aromatic rings. The molecule has 0 unspecified atom stereocenters. The average molecular weight is 228 g/mol. The molecule has 0 radical (unpaired) electrons. The molecule has 0 N–H and O–H groups in total. The maximum Gasteiger partial charge on any atom is 0.422 e. The highest BCUT2D eigenvalue weighted by Gasteiger charge is 2.32. The van der Waals surface area contributed by atoms with Crippen molar-refractivity contribution in [3.8, 4) is 0 Å². The van der Waals surface area contributed by atoms with E-state index in [0.29, 0.717) is 0 Å². The zero-order valence-corrected chi connectivity index (χ0v) is 8.47. The second-order valence-electron chi connectivity index (χ2n) is 3.69. The molecule has 0 saturated heterocycles. The van der Waals surface area contributed by atoms with Gasteiger partial charge in [0, 0.05) is 0 Å². The number of alkyl halides is 3. The molecule has 0 aliphatic carbocycles. The van der Waals surface area contributed by atoms with Crippen LogP contribution < -0.4 is 0 Å². The van der Waals surface area contributed by atoms with Crippen molar-refractivity contribution in [3.05, 3.63) is 0 Å².